The molecule has 4 heterocycles. The number of nitrogens with one attached hydrogen (secondary N) is 3. The Morgan fingerprint density at radius 2 is 2.29 bits per heavy atom. The topological polar surface area (TPSA) is 78.5 Å². The van der Waals surface area contributed by atoms with Gasteiger partial charge in [0.1, 0.15) is 5.65 Å². The van der Waals surface area contributed by atoms with Crippen molar-refractivity contribution in [3.8, 4) is 11.4 Å². The van der Waals surface area contributed by atoms with E-state index in [1.54, 1.807) is 12.4 Å². The second-order valence-electron chi connectivity index (χ2n) is 6.09. The molecule has 3 aromatic heterocycles. The third-order valence-electron chi connectivity index (χ3n) is 4.39. The molecule has 124 valence electrons. The van der Waals surface area contributed by atoms with Crippen molar-refractivity contribution in [1.82, 2.24) is 25.3 Å². The summed E-state index contributed by atoms with van der Waals surface area (Å²) >= 11 is 0. The van der Waals surface area contributed by atoms with Crippen LogP contribution in [0, 0.1) is 11.7 Å². The molecule has 0 aliphatic carbocycles. The maximum absolute atomic E-state index is 14.1. The fourth-order valence-corrected chi connectivity index (χ4v) is 3.10. The molecule has 1 fully saturated rings. The summed E-state index contributed by atoms with van der Waals surface area (Å²) in [5, 5.41) is 7.43. The highest BCUT2D eigenvalue weighted by atomic mass is 19.1. The Labute approximate surface area is 138 Å². The van der Waals surface area contributed by atoms with E-state index in [1.807, 2.05) is 12.1 Å². The number of aromatic nitrogens is 4. The third kappa shape index (κ3) is 2.94. The van der Waals surface area contributed by atoms with Crippen LogP contribution in [0.15, 0.2) is 30.7 Å². The maximum Gasteiger partial charge on any atom is 0.183 e. The van der Waals surface area contributed by atoms with E-state index in [4.69, 9.17) is 0 Å². The minimum Gasteiger partial charge on any atom is -0.367 e. The molecule has 24 heavy (non-hydrogen) atoms. The monoisotopic (exact) mass is 326 g/mol. The summed E-state index contributed by atoms with van der Waals surface area (Å²) in [6, 6.07) is 3.81. The molecule has 0 saturated carbocycles. The van der Waals surface area contributed by atoms with Gasteiger partial charge in [-0.3, -0.25) is 0 Å². The second-order valence-corrected chi connectivity index (χ2v) is 6.09. The molecule has 6 nitrogen and oxygen atoms in total. The summed E-state index contributed by atoms with van der Waals surface area (Å²) in [4.78, 5) is 15.9. The first-order valence-corrected chi connectivity index (χ1v) is 8.21. The Hall–Kier alpha value is -2.54. The number of nitrogens with zero attached hydrogens (tertiary/aromatic N) is 3. The largest absolute Gasteiger partial charge is 0.367 e. The lowest BCUT2D eigenvalue weighted by molar-refractivity contribution is 0.392. The van der Waals surface area contributed by atoms with Crippen LogP contribution in [0.1, 0.15) is 12.8 Å². The molecule has 0 radical (unpaired) electrons. The van der Waals surface area contributed by atoms with Gasteiger partial charge in [-0.05, 0) is 44.0 Å². The van der Waals surface area contributed by atoms with E-state index >= 15 is 0 Å². The molecule has 1 aliphatic heterocycles. The molecular formula is C17H19FN6. The summed E-state index contributed by atoms with van der Waals surface area (Å²) in [6.45, 7) is 2.73. The highest BCUT2D eigenvalue weighted by Crippen LogP contribution is 2.26. The van der Waals surface area contributed by atoms with Gasteiger partial charge >= 0.3 is 0 Å². The fourth-order valence-electron chi connectivity index (χ4n) is 3.10. The zero-order valence-electron chi connectivity index (χ0n) is 13.2. The van der Waals surface area contributed by atoms with E-state index in [9.17, 15) is 4.39 Å². The summed E-state index contributed by atoms with van der Waals surface area (Å²) in [5.41, 5.74) is 1.59. The first-order valence-electron chi connectivity index (χ1n) is 8.21. The average Bonchev–Trinajstić information content (AvgIpc) is 3.06. The van der Waals surface area contributed by atoms with Gasteiger partial charge in [0.2, 0.25) is 0 Å². The molecule has 3 N–H and O–H groups in total. The second kappa shape index (κ2) is 6.52. The Morgan fingerprint density at radius 3 is 3.17 bits per heavy atom. The molecule has 0 aromatic carbocycles. The normalized spacial score (nSPS) is 18.0. The third-order valence-corrected chi connectivity index (χ3v) is 4.39. The number of hydrogen-bond donors (Lipinski definition) is 3. The number of rotatable bonds is 4. The Kier molecular flexibility index (Phi) is 4.08. The van der Waals surface area contributed by atoms with Gasteiger partial charge in [-0.1, -0.05) is 0 Å². The van der Waals surface area contributed by atoms with Gasteiger partial charge in [0, 0.05) is 29.9 Å². The number of fused-ring (bicyclic) bond motifs is 1. The van der Waals surface area contributed by atoms with E-state index in [2.05, 4.69) is 30.6 Å². The van der Waals surface area contributed by atoms with Gasteiger partial charge < -0.3 is 15.6 Å². The Morgan fingerprint density at radius 1 is 1.33 bits per heavy atom. The van der Waals surface area contributed by atoms with E-state index in [1.165, 1.54) is 6.20 Å². The Bertz CT molecular complexity index is 840. The lowest BCUT2D eigenvalue weighted by Crippen LogP contribution is -2.33. The zero-order valence-corrected chi connectivity index (χ0v) is 13.2. The highest BCUT2D eigenvalue weighted by molar-refractivity contribution is 5.91. The van der Waals surface area contributed by atoms with Gasteiger partial charge in [-0.25, -0.2) is 19.3 Å². The maximum atomic E-state index is 14.1. The van der Waals surface area contributed by atoms with Crippen molar-refractivity contribution in [2.45, 2.75) is 12.8 Å². The number of aromatic amines is 1. The van der Waals surface area contributed by atoms with Crippen LogP contribution in [0.3, 0.4) is 0 Å². The number of anilines is 1. The van der Waals surface area contributed by atoms with E-state index in [-0.39, 0.29) is 5.82 Å². The van der Waals surface area contributed by atoms with Crippen LogP contribution in [0.4, 0.5) is 10.2 Å². The molecule has 0 unspecified atom stereocenters. The standard InChI is InChI=1S/C17H19FN6/c18-14-10-23-16(13-9-22-15-12(13)4-2-6-20-15)24-17(14)21-8-11-3-1-5-19-7-11/h2,4,6,9-11,19H,1,3,5,7-8H2,(H,20,22)(H,21,23,24)/t11-/m1/s1. The number of piperidine rings is 1. The van der Waals surface area contributed by atoms with Gasteiger partial charge in [-0.2, -0.15) is 0 Å². The first kappa shape index (κ1) is 15.0. The molecular weight excluding hydrogens is 307 g/mol. The lowest BCUT2D eigenvalue weighted by atomic mass is 10.00. The van der Waals surface area contributed by atoms with Gasteiger partial charge in [0.15, 0.2) is 17.5 Å². The molecule has 0 amide bonds. The predicted octanol–water partition coefficient (Wildman–Crippen LogP) is 2.57. The minimum absolute atomic E-state index is 0.254. The van der Waals surface area contributed by atoms with Gasteiger partial charge in [0.05, 0.1) is 6.20 Å². The number of H-pyrrole nitrogens is 1. The van der Waals surface area contributed by atoms with Gasteiger partial charge in [0.25, 0.3) is 0 Å². The SMILES string of the molecule is Fc1cnc(-c2c[nH]c3ncccc23)nc1NC[C@@H]1CCCNC1. The quantitative estimate of drug-likeness (QED) is 0.687. The average molecular weight is 326 g/mol. The predicted molar refractivity (Wildman–Crippen MR) is 91.2 cm³/mol. The molecule has 3 aromatic rings. The van der Waals surface area contributed by atoms with Crippen molar-refractivity contribution in [2.24, 2.45) is 5.92 Å². The highest BCUT2D eigenvalue weighted by Gasteiger charge is 2.16. The van der Waals surface area contributed by atoms with Crippen LogP contribution in [0.2, 0.25) is 0 Å². The first-order chi connectivity index (χ1) is 11.8. The lowest BCUT2D eigenvalue weighted by Gasteiger charge is -2.23. The van der Waals surface area contributed by atoms with Crippen molar-refractivity contribution < 1.29 is 4.39 Å². The van der Waals surface area contributed by atoms with Crippen molar-refractivity contribution in [1.29, 1.82) is 0 Å². The molecule has 1 saturated heterocycles. The summed E-state index contributed by atoms with van der Waals surface area (Å²) in [7, 11) is 0. The van der Waals surface area contributed by atoms with Crippen LogP contribution in [-0.4, -0.2) is 39.6 Å². The molecule has 7 heteroatoms. The number of pyridine rings is 1. The van der Waals surface area contributed by atoms with Crippen LogP contribution in [0.5, 0.6) is 0 Å². The zero-order chi connectivity index (χ0) is 16.4. The number of hydrogen-bond acceptors (Lipinski definition) is 5. The van der Waals surface area contributed by atoms with Crippen molar-refractivity contribution >= 4 is 16.9 Å². The van der Waals surface area contributed by atoms with Crippen LogP contribution >= 0.6 is 0 Å². The Balaban J connectivity index is 1.58. The van der Waals surface area contributed by atoms with E-state index in [0.717, 1.165) is 42.5 Å². The molecule has 4 rings (SSSR count). The summed E-state index contributed by atoms with van der Waals surface area (Å²) < 4.78 is 14.1. The van der Waals surface area contributed by atoms with Crippen LogP contribution in [0.25, 0.3) is 22.4 Å². The van der Waals surface area contributed by atoms with E-state index in [0.29, 0.717) is 18.3 Å². The number of halogens is 1. The van der Waals surface area contributed by atoms with E-state index < -0.39 is 5.82 Å². The van der Waals surface area contributed by atoms with Crippen LogP contribution < -0.4 is 10.6 Å². The van der Waals surface area contributed by atoms with Crippen LogP contribution in [-0.2, 0) is 0 Å². The van der Waals surface area contributed by atoms with Gasteiger partial charge in [-0.15, -0.1) is 0 Å². The smallest absolute Gasteiger partial charge is 0.183 e. The molecule has 0 spiro atoms. The minimum atomic E-state index is -0.430. The van der Waals surface area contributed by atoms with Crippen molar-refractivity contribution in [3.63, 3.8) is 0 Å². The molecule has 1 atom stereocenters. The van der Waals surface area contributed by atoms with Crippen molar-refractivity contribution in [2.75, 3.05) is 25.0 Å². The fraction of sp³-hybridized carbons (Fsp3) is 0.353. The van der Waals surface area contributed by atoms with Crippen molar-refractivity contribution in [3.05, 3.63) is 36.5 Å². The summed E-state index contributed by atoms with van der Waals surface area (Å²) in [6.07, 6.45) is 7.05. The summed E-state index contributed by atoms with van der Waals surface area (Å²) in [5.74, 6) is 0.804. The molecule has 1 aliphatic rings. The molecule has 0 bridgehead atoms.